The average molecular weight is 957 g/mol. The molecular formula is C71H44N2S. The molecule has 12 aromatic carbocycles. The van der Waals surface area contributed by atoms with Gasteiger partial charge < -0.3 is 9.47 Å². The molecule has 14 aromatic rings. The van der Waals surface area contributed by atoms with Crippen molar-refractivity contribution >= 4 is 81.1 Å². The Balaban J connectivity index is 0.942. The molecule has 74 heavy (non-hydrogen) atoms. The van der Waals surface area contributed by atoms with Gasteiger partial charge in [-0.3, -0.25) is 0 Å². The number of aromatic nitrogens is 1. The maximum Gasteiger partial charge on any atom is 0.0755 e. The predicted octanol–water partition coefficient (Wildman–Crippen LogP) is 19.5. The van der Waals surface area contributed by atoms with Crippen LogP contribution in [0.25, 0.3) is 103 Å². The van der Waals surface area contributed by atoms with Gasteiger partial charge in [0.1, 0.15) is 0 Å². The second-order valence-electron chi connectivity index (χ2n) is 19.9. The van der Waals surface area contributed by atoms with Gasteiger partial charge in [-0.2, -0.15) is 0 Å². The minimum atomic E-state index is -0.594. The quantitative estimate of drug-likeness (QED) is 0.161. The third kappa shape index (κ3) is 5.76. The summed E-state index contributed by atoms with van der Waals surface area (Å²) in [6.45, 7) is 0. The van der Waals surface area contributed by atoms with E-state index in [1.165, 1.54) is 120 Å². The summed E-state index contributed by atoms with van der Waals surface area (Å²) < 4.78 is 5.16. The standard InChI is InChI=1S/C71H44N2S/c1-2-19-50-46(17-1)18-15-26-51(50)52-20-3-4-21-53(52)56-23-6-11-31-65(56)72(48-38-35-45(36-39-48)47-37-41-59-58-25-8-14-34-68(58)74-69(59)43-47)49-40-42-55-54-22-5-9-28-61(54)71(64(55)44-49)62-29-10-13-33-67(62)73-66-32-12-7-24-57(66)60-27-16-30-63(71)70(60)73/h1-44H. The van der Waals surface area contributed by atoms with Crippen molar-refractivity contribution in [2.45, 2.75) is 5.41 Å². The van der Waals surface area contributed by atoms with Gasteiger partial charge in [-0.1, -0.05) is 212 Å². The number of fused-ring (bicyclic) bond motifs is 16. The van der Waals surface area contributed by atoms with Crippen molar-refractivity contribution in [2.24, 2.45) is 0 Å². The van der Waals surface area contributed by atoms with Gasteiger partial charge in [-0.25, -0.2) is 0 Å². The van der Waals surface area contributed by atoms with Gasteiger partial charge in [0, 0.05) is 47.9 Å². The van der Waals surface area contributed by atoms with Crippen molar-refractivity contribution in [3.63, 3.8) is 0 Å². The molecule has 3 heterocycles. The lowest BCUT2D eigenvalue weighted by molar-refractivity contribution is 0.748. The SMILES string of the molecule is c1ccc(-c2cccc3ccccc23)c(-c2ccccc2N(c2ccc(-c3ccc4c(c3)sc3ccccc34)cc2)c2ccc3c(c2)C2(c4ccccc4-3)c3ccccc3-n3c4ccccc4c4cccc2c43)c1. The van der Waals surface area contributed by atoms with Crippen molar-refractivity contribution in [3.05, 3.63) is 289 Å². The fourth-order valence-electron chi connectivity index (χ4n) is 13.1. The monoisotopic (exact) mass is 956 g/mol. The Hall–Kier alpha value is -9.28. The summed E-state index contributed by atoms with van der Waals surface area (Å²) in [6, 6.07) is 99.9. The van der Waals surface area contributed by atoms with E-state index in [0.29, 0.717) is 0 Å². The van der Waals surface area contributed by atoms with Gasteiger partial charge >= 0.3 is 0 Å². The molecule has 1 spiro atoms. The normalized spacial score (nSPS) is 14.3. The van der Waals surface area contributed by atoms with E-state index in [9.17, 15) is 0 Å². The van der Waals surface area contributed by atoms with Crippen molar-refractivity contribution in [1.29, 1.82) is 0 Å². The smallest absolute Gasteiger partial charge is 0.0755 e. The van der Waals surface area contributed by atoms with E-state index in [1.807, 2.05) is 11.3 Å². The Morgan fingerprint density at radius 2 is 0.905 bits per heavy atom. The van der Waals surface area contributed by atoms with Gasteiger partial charge in [0.15, 0.2) is 0 Å². The molecule has 0 radical (unpaired) electrons. The number of nitrogens with zero attached hydrogens (tertiary/aromatic N) is 2. The van der Waals surface area contributed by atoms with Crippen molar-refractivity contribution in [2.75, 3.05) is 4.90 Å². The molecule has 1 aliphatic heterocycles. The molecule has 2 aliphatic rings. The third-order valence-corrected chi connectivity index (χ3v) is 17.3. The number of rotatable bonds is 6. The first-order chi connectivity index (χ1) is 36.7. The first-order valence-corrected chi connectivity index (χ1v) is 26.4. The van der Waals surface area contributed by atoms with E-state index in [2.05, 4.69) is 276 Å². The van der Waals surface area contributed by atoms with Crippen molar-refractivity contribution in [3.8, 4) is 50.2 Å². The Labute approximate surface area is 432 Å². The Kier molecular flexibility index (Phi) is 8.86. The van der Waals surface area contributed by atoms with Crippen LogP contribution in [0.1, 0.15) is 22.3 Å². The van der Waals surface area contributed by atoms with E-state index in [-0.39, 0.29) is 0 Å². The fraction of sp³-hybridized carbons (Fsp3) is 0.0141. The zero-order chi connectivity index (χ0) is 48.5. The fourth-order valence-corrected chi connectivity index (χ4v) is 14.3. The second kappa shape index (κ2) is 15.9. The molecule has 2 aromatic heterocycles. The van der Waals surface area contributed by atoms with Crippen LogP contribution in [0.2, 0.25) is 0 Å². The Bertz CT molecular complexity index is 4620. The van der Waals surface area contributed by atoms with Crippen LogP contribution in [-0.2, 0) is 5.41 Å². The summed E-state index contributed by atoms with van der Waals surface area (Å²) in [5, 5.41) is 7.66. The molecule has 0 amide bonds. The minimum absolute atomic E-state index is 0.594. The highest BCUT2D eigenvalue weighted by atomic mass is 32.1. The van der Waals surface area contributed by atoms with Gasteiger partial charge in [0.05, 0.1) is 27.8 Å². The first kappa shape index (κ1) is 41.3. The van der Waals surface area contributed by atoms with Crippen LogP contribution in [0.4, 0.5) is 17.1 Å². The van der Waals surface area contributed by atoms with E-state index in [4.69, 9.17) is 0 Å². The van der Waals surface area contributed by atoms with Gasteiger partial charge in [0.2, 0.25) is 0 Å². The van der Waals surface area contributed by atoms with Crippen LogP contribution in [0.5, 0.6) is 0 Å². The molecule has 344 valence electrons. The summed E-state index contributed by atoms with van der Waals surface area (Å²) >= 11 is 1.87. The Morgan fingerprint density at radius 1 is 0.324 bits per heavy atom. The average Bonchev–Trinajstić information content (AvgIpc) is 4.17. The lowest BCUT2D eigenvalue weighted by Gasteiger charge is -2.40. The highest BCUT2D eigenvalue weighted by Crippen LogP contribution is 2.62. The number of anilines is 3. The summed E-state index contributed by atoms with van der Waals surface area (Å²) in [4.78, 5) is 2.51. The summed E-state index contributed by atoms with van der Waals surface area (Å²) in [7, 11) is 0. The number of para-hydroxylation sites is 4. The largest absolute Gasteiger partial charge is 0.310 e. The molecule has 1 atom stereocenters. The summed E-state index contributed by atoms with van der Waals surface area (Å²) in [5.74, 6) is 0. The van der Waals surface area contributed by atoms with E-state index in [1.54, 1.807) is 0 Å². The summed E-state index contributed by atoms with van der Waals surface area (Å²) in [6.07, 6.45) is 0. The predicted molar refractivity (Wildman–Crippen MR) is 313 cm³/mol. The molecule has 1 aliphatic carbocycles. The lowest BCUT2D eigenvalue weighted by Crippen LogP contribution is -2.33. The molecule has 1 unspecified atom stereocenters. The van der Waals surface area contributed by atoms with Crippen LogP contribution in [-0.4, -0.2) is 4.57 Å². The topological polar surface area (TPSA) is 8.17 Å². The highest BCUT2D eigenvalue weighted by Gasteiger charge is 2.51. The third-order valence-electron chi connectivity index (χ3n) is 16.2. The van der Waals surface area contributed by atoms with Crippen LogP contribution >= 0.6 is 11.3 Å². The molecule has 2 nitrogen and oxygen atoms in total. The van der Waals surface area contributed by atoms with Crippen LogP contribution in [0.3, 0.4) is 0 Å². The molecule has 0 fully saturated rings. The highest BCUT2D eigenvalue weighted by molar-refractivity contribution is 7.25. The van der Waals surface area contributed by atoms with E-state index >= 15 is 0 Å². The number of benzene rings is 12. The summed E-state index contributed by atoms with van der Waals surface area (Å²) in [5.41, 5.74) is 21.4. The molecule has 16 rings (SSSR count). The minimum Gasteiger partial charge on any atom is -0.310 e. The molecule has 0 N–H and O–H groups in total. The number of thiophene rings is 1. The zero-order valence-electron chi connectivity index (χ0n) is 40.2. The maximum absolute atomic E-state index is 2.53. The van der Waals surface area contributed by atoms with Crippen molar-refractivity contribution in [1.82, 2.24) is 4.57 Å². The molecule has 0 saturated heterocycles. The first-order valence-electron chi connectivity index (χ1n) is 25.6. The second-order valence-corrected chi connectivity index (χ2v) is 21.0. The molecule has 0 saturated carbocycles. The van der Waals surface area contributed by atoms with Crippen LogP contribution < -0.4 is 4.90 Å². The van der Waals surface area contributed by atoms with Crippen LogP contribution in [0.15, 0.2) is 267 Å². The lowest BCUT2D eigenvalue weighted by atomic mass is 9.65. The molecule has 3 heteroatoms. The zero-order valence-corrected chi connectivity index (χ0v) is 41.0. The van der Waals surface area contributed by atoms with Gasteiger partial charge in [0.25, 0.3) is 0 Å². The molecular weight excluding hydrogens is 913 g/mol. The maximum atomic E-state index is 2.53. The van der Waals surface area contributed by atoms with Gasteiger partial charge in [-0.15, -0.1) is 11.3 Å². The molecule has 0 bridgehead atoms. The van der Waals surface area contributed by atoms with Crippen molar-refractivity contribution < 1.29 is 0 Å². The van der Waals surface area contributed by atoms with Gasteiger partial charge in [-0.05, 0) is 127 Å². The number of hydrogen-bond acceptors (Lipinski definition) is 2. The van der Waals surface area contributed by atoms with E-state index < -0.39 is 5.41 Å². The Morgan fingerprint density at radius 3 is 1.78 bits per heavy atom. The number of hydrogen-bond donors (Lipinski definition) is 0. The van der Waals surface area contributed by atoms with Crippen LogP contribution in [0, 0.1) is 0 Å². The van der Waals surface area contributed by atoms with E-state index in [0.717, 1.165) is 22.6 Å².